The lowest BCUT2D eigenvalue weighted by atomic mass is 9.98. The summed E-state index contributed by atoms with van der Waals surface area (Å²) in [5.74, 6) is 0. The van der Waals surface area contributed by atoms with Gasteiger partial charge in [-0.05, 0) is 32.3 Å². The van der Waals surface area contributed by atoms with Crippen molar-refractivity contribution in [1.82, 2.24) is 0 Å². The Morgan fingerprint density at radius 1 is 0.895 bits per heavy atom. The molecule has 2 rings (SSSR count). The molecule has 106 valence electrons. The van der Waals surface area contributed by atoms with Crippen molar-refractivity contribution in [3.05, 3.63) is 35.9 Å². The van der Waals surface area contributed by atoms with Gasteiger partial charge in [0.05, 0.1) is 6.10 Å². The topological polar surface area (TPSA) is 18.5 Å². The summed E-state index contributed by atoms with van der Waals surface area (Å²) in [5.41, 5.74) is 0.768. The molecule has 0 atom stereocenters. The first kappa shape index (κ1) is 14.5. The first-order valence-corrected chi connectivity index (χ1v) is 7.58. The van der Waals surface area contributed by atoms with Crippen LogP contribution in [0.4, 0.5) is 0 Å². The Bertz CT molecular complexity index is 351. The van der Waals surface area contributed by atoms with Crippen LogP contribution in [0.15, 0.2) is 30.3 Å². The molecule has 0 aromatic heterocycles. The Morgan fingerprint density at radius 2 is 1.47 bits per heavy atom. The van der Waals surface area contributed by atoms with E-state index in [0.717, 1.165) is 18.4 Å². The van der Waals surface area contributed by atoms with E-state index < -0.39 is 0 Å². The van der Waals surface area contributed by atoms with Crippen LogP contribution in [-0.4, -0.2) is 6.10 Å². The molecule has 2 heteroatoms. The van der Waals surface area contributed by atoms with Crippen LogP contribution in [0.25, 0.3) is 0 Å². The Hall–Kier alpha value is -0.860. The van der Waals surface area contributed by atoms with Crippen molar-refractivity contribution in [3.63, 3.8) is 0 Å². The summed E-state index contributed by atoms with van der Waals surface area (Å²) >= 11 is 0. The molecule has 1 saturated carbocycles. The highest BCUT2D eigenvalue weighted by Gasteiger charge is 2.24. The highest BCUT2D eigenvalue weighted by molar-refractivity contribution is 5.20. The predicted octanol–water partition coefficient (Wildman–Crippen LogP) is 4.98. The van der Waals surface area contributed by atoms with E-state index in [1.807, 2.05) is 18.2 Å². The molecule has 0 spiro atoms. The third-order valence-corrected chi connectivity index (χ3v) is 3.91. The zero-order chi connectivity index (χ0) is 13.6. The average molecular weight is 262 g/mol. The Morgan fingerprint density at radius 3 is 2.11 bits per heavy atom. The van der Waals surface area contributed by atoms with Gasteiger partial charge < -0.3 is 0 Å². The average Bonchev–Trinajstić information content (AvgIpc) is 2.38. The van der Waals surface area contributed by atoms with Gasteiger partial charge in [0.25, 0.3) is 0 Å². The van der Waals surface area contributed by atoms with Gasteiger partial charge in [0.15, 0.2) is 0 Å². The Balaban J connectivity index is 1.86. The van der Waals surface area contributed by atoms with Crippen molar-refractivity contribution in [3.8, 4) is 0 Å². The molecule has 0 radical (unpaired) electrons. The molecule has 1 aromatic carbocycles. The third-order valence-electron chi connectivity index (χ3n) is 3.91. The fourth-order valence-electron chi connectivity index (χ4n) is 2.59. The molecule has 0 N–H and O–H groups in total. The SMILES string of the molecule is CC(C)(OOC1CCCCCCC1)c1ccccc1. The lowest BCUT2D eigenvalue weighted by molar-refractivity contribution is -0.384. The van der Waals surface area contributed by atoms with E-state index in [4.69, 9.17) is 9.78 Å². The molecule has 0 saturated heterocycles. The first-order chi connectivity index (χ1) is 9.18. The molecule has 1 aromatic rings. The van der Waals surface area contributed by atoms with Crippen LogP contribution >= 0.6 is 0 Å². The molecule has 0 heterocycles. The van der Waals surface area contributed by atoms with E-state index in [2.05, 4.69) is 26.0 Å². The molecule has 0 unspecified atom stereocenters. The van der Waals surface area contributed by atoms with Crippen molar-refractivity contribution in [2.24, 2.45) is 0 Å². The first-order valence-electron chi connectivity index (χ1n) is 7.58. The van der Waals surface area contributed by atoms with Gasteiger partial charge in [0, 0.05) is 0 Å². The molecule has 0 bridgehead atoms. The lowest BCUT2D eigenvalue weighted by Gasteiger charge is -2.28. The van der Waals surface area contributed by atoms with Crippen LogP contribution in [0.3, 0.4) is 0 Å². The molecular formula is C17H26O2. The minimum atomic E-state index is -0.385. The van der Waals surface area contributed by atoms with Crippen molar-refractivity contribution >= 4 is 0 Å². The van der Waals surface area contributed by atoms with Crippen LogP contribution in [0.1, 0.15) is 64.4 Å². The minimum Gasteiger partial charge on any atom is -0.233 e. The summed E-state index contributed by atoms with van der Waals surface area (Å²) in [6, 6.07) is 10.3. The summed E-state index contributed by atoms with van der Waals surface area (Å²) in [5, 5.41) is 0. The minimum absolute atomic E-state index is 0.267. The van der Waals surface area contributed by atoms with Gasteiger partial charge in [-0.15, -0.1) is 0 Å². The number of hydrogen-bond acceptors (Lipinski definition) is 2. The second-order valence-electron chi connectivity index (χ2n) is 6.02. The van der Waals surface area contributed by atoms with E-state index in [-0.39, 0.29) is 11.7 Å². The summed E-state index contributed by atoms with van der Waals surface area (Å²) in [4.78, 5) is 11.5. The molecule has 1 aliphatic carbocycles. The van der Waals surface area contributed by atoms with Gasteiger partial charge in [0.1, 0.15) is 5.60 Å². The monoisotopic (exact) mass is 262 g/mol. The summed E-state index contributed by atoms with van der Waals surface area (Å²) in [6.07, 6.45) is 9.10. The molecule has 0 amide bonds. The molecule has 0 aliphatic heterocycles. The normalized spacial score (nSPS) is 18.8. The van der Waals surface area contributed by atoms with Crippen LogP contribution < -0.4 is 0 Å². The second-order valence-corrected chi connectivity index (χ2v) is 6.02. The van der Waals surface area contributed by atoms with E-state index >= 15 is 0 Å². The fourth-order valence-corrected chi connectivity index (χ4v) is 2.59. The molecule has 1 aliphatic rings. The Labute approximate surface area is 117 Å². The highest BCUT2D eigenvalue weighted by atomic mass is 17.2. The number of benzene rings is 1. The largest absolute Gasteiger partial charge is 0.233 e. The molecule has 2 nitrogen and oxygen atoms in total. The quantitative estimate of drug-likeness (QED) is 0.562. The maximum atomic E-state index is 5.75. The Kier molecular flexibility index (Phi) is 5.41. The van der Waals surface area contributed by atoms with Crippen LogP contribution in [0, 0.1) is 0 Å². The van der Waals surface area contributed by atoms with Crippen molar-refractivity contribution < 1.29 is 9.78 Å². The van der Waals surface area contributed by atoms with Gasteiger partial charge in [-0.2, -0.15) is 0 Å². The zero-order valence-corrected chi connectivity index (χ0v) is 12.2. The van der Waals surface area contributed by atoms with Crippen molar-refractivity contribution in [1.29, 1.82) is 0 Å². The van der Waals surface area contributed by atoms with Crippen LogP contribution in [0.5, 0.6) is 0 Å². The van der Waals surface area contributed by atoms with E-state index in [9.17, 15) is 0 Å². The van der Waals surface area contributed by atoms with Crippen LogP contribution in [-0.2, 0) is 15.4 Å². The maximum Gasteiger partial charge on any atom is 0.123 e. The summed E-state index contributed by atoms with van der Waals surface area (Å²) in [7, 11) is 0. The smallest absolute Gasteiger partial charge is 0.123 e. The highest BCUT2D eigenvalue weighted by Crippen LogP contribution is 2.27. The second kappa shape index (κ2) is 7.06. The van der Waals surface area contributed by atoms with Gasteiger partial charge in [-0.3, -0.25) is 0 Å². The van der Waals surface area contributed by atoms with Gasteiger partial charge in [-0.25, -0.2) is 9.78 Å². The molecule has 19 heavy (non-hydrogen) atoms. The van der Waals surface area contributed by atoms with E-state index in [1.165, 1.54) is 32.1 Å². The van der Waals surface area contributed by atoms with E-state index in [0.29, 0.717) is 0 Å². The van der Waals surface area contributed by atoms with Crippen molar-refractivity contribution in [2.45, 2.75) is 70.5 Å². The van der Waals surface area contributed by atoms with Crippen LogP contribution in [0.2, 0.25) is 0 Å². The standard InChI is InChI=1S/C17H26O2/c1-17(2,15-11-7-6-8-12-15)19-18-16-13-9-4-3-5-10-14-16/h6-8,11-12,16H,3-5,9-10,13-14H2,1-2H3. The maximum absolute atomic E-state index is 5.75. The van der Waals surface area contributed by atoms with E-state index in [1.54, 1.807) is 0 Å². The third kappa shape index (κ3) is 4.63. The van der Waals surface area contributed by atoms with Gasteiger partial charge >= 0.3 is 0 Å². The molecule has 1 fully saturated rings. The molecular weight excluding hydrogens is 236 g/mol. The lowest BCUT2D eigenvalue weighted by Crippen LogP contribution is -2.26. The number of rotatable bonds is 4. The van der Waals surface area contributed by atoms with Gasteiger partial charge in [0.2, 0.25) is 0 Å². The van der Waals surface area contributed by atoms with Gasteiger partial charge in [-0.1, -0.05) is 62.4 Å². The van der Waals surface area contributed by atoms with Crippen molar-refractivity contribution in [2.75, 3.05) is 0 Å². The summed E-state index contributed by atoms with van der Waals surface area (Å²) < 4.78 is 0. The summed E-state index contributed by atoms with van der Waals surface area (Å²) in [6.45, 7) is 4.12. The zero-order valence-electron chi connectivity index (χ0n) is 12.2. The fraction of sp³-hybridized carbons (Fsp3) is 0.647. The predicted molar refractivity (Wildman–Crippen MR) is 77.7 cm³/mol. The number of hydrogen-bond donors (Lipinski definition) is 0.